The third kappa shape index (κ3) is 2.98. The summed E-state index contributed by atoms with van der Waals surface area (Å²) >= 11 is 0. The molecule has 0 aromatic carbocycles. The van der Waals surface area contributed by atoms with Crippen LogP contribution in [0, 0.1) is 0 Å². The fourth-order valence-electron chi connectivity index (χ4n) is 1.01. The zero-order chi connectivity index (χ0) is 10.2. The van der Waals surface area contributed by atoms with Gasteiger partial charge in [0.05, 0.1) is 11.9 Å². The third-order valence-electron chi connectivity index (χ3n) is 1.66. The highest BCUT2D eigenvalue weighted by molar-refractivity contribution is 5.69. The van der Waals surface area contributed by atoms with Crippen LogP contribution in [0.15, 0.2) is 42.2 Å². The van der Waals surface area contributed by atoms with Crippen molar-refractivity contribution in [2.45, 2.75) is 13.3 Å². The normalized spacial score (nSPS) is 11.2. The molecule has 2 nitrogen and oxygen atoms in total. The maximum Gasteiger partial charge on any atom is 0.0881 e. The topological polar surface area (TPSA) is 25.2 Å². The Morgan fingerprint density at radius 1 is 1.57 bits per heavy atom. The second-order valence-corrected chi connectivity index (χ2v) is 2.75. The minimum Gasteiger partial charge on any atom is -0.262 e. The zero-order valence-electron chi connectivity index (χ0n) is 8.35. The van der Waals surface area contributed by atoms with Crippen LogP contribution in [0.25, 0.3) is 6.08 Å². The highest BCUT2D eigenvalue weighted by Crippen LogP contribution is 2.18. The van der Waals surface area contributed by atoms with Crippen LogP contribution in [0.2, 0.25) is 0 Å². The SMILES string of the molecule is C=C/C=C\c1ccncc1N=CCC. The number of hydrogen-bond donors (Lipinski definition) is 0. The van der Waals surface area contributed by atoms with Crippen LogP contribution in [0.3, 0.4) is 0 Å². The van der Waals surface area contributed by atoms with Gasteiger partial charge in [-0.25, -0.2) is 0 Å². The first kappa shape index (κ1) is 10.4. The van der Waals surface area contributed by atoms with Crippen molar-refractivity contribution >= 4 is 18.0 Å². The highest BCUT2D eigenvalue weighted by atomic mass is 14.8. The average Bonchev–Trinajstić information content (AvgIpc) is 2.24. The van der Waals surface area contributed by atoms with Crippen molar-refractivity contribution in [3.8, 4) is 0 Å². The Kier molecular flexibility index (Phi) is 4.35. The van der Waals surface area contributed by atoms with Crippen molar-refractivity contribution in [3.05, 3.63) is 42.8 Å². The van der Waals surface area contributed by atoms with E-state index in [2.05, 4.69) is 23.5 Å². The number of pyridine rings is 1. The Morgan fingerprint density at radius 2 is 2.43 bits per heavy atom. The van der Waals surface area contributed by atoms with Gasteiger partial charge in [0.15, 0.2) is 0 Å². The van der Waals surface area contributed by atoms with Crippen LogP contribution < -0.4 is 0 Å². The molecule has 1 aromatic heterocycles. The quantitative estimate of drug-likeness (QED) is 0.522. The standard InChI is InChI=1S/C12H14N2/c1-3-5-6-11-7-9-13-10-12(11)14-8-4-2/h3,5-10H,1,4H2,2H3/b6-5-,14-8?. The molecule has 0 fully saturated rings. The van der Waals surface area contributed by atoms with Gasteiger partial charge in [-0.15, -0.1) is 0 Å². The van der Waals surface area contributed by atoms with E-state index in [9.17, 15) is 0 Å². The van der Waals surface area contributed by atoms with E-state index in [0.29, 0.717) is 0 Å². The van der Waals surface area contributed by atoms with Gasteiger partial charge in [0.25, 0.3) is 0 Å². The van der Waals surface area contributed by atoms with Gasteiger partial charge in [-0.3, -0.25) is 9.98 Å². The van der Waals surface area contributed by atoms with E-state index in [4.69, 9.17) is 0 Å². The molecule has 0 aliphatic heterocycles. The smallest absolute Gasteiger partial charge is 0.0881 e. The molecule has 0 saturated carbocycles. The minimum absolute atomic E-state index is 0.896. The molecular formula is C12H14N2. The highest BCUT2D eigenvalue weighted by Gasteiger charge is 1.94. The van der Waals surface area contributed by atoms with Crippen LogP contribution in [0.1, 0.15) is 18.9 Å². The zero-order valence-corrected chi connectivity index (χ0v) is 8.35. The number of aromatic nitrogens is 1. The van der Waals surface area contributed by atoms with Gasteiger partial charge in [-0.05, 0) is 12.5 Å². The number of rotatable bonds is 4. The van der Waals surface area contributed by atoms with Gasteiger partial charge in [0.2, 0.25) is 0 Å². The van der Waals surface area contributed by atoms with E-state index >= 15 is 0 Å². The molecule has 1 heterocycles. The molecule has 14 heavy (non-hydrogen) atoms. The summed E-state index contributed by atoms with van der Waals surface area (Å²) in [5.41, 5.74) is 1.96. The second-order valence-electron chi connectivity index (χ2n) is 2.75. The van der Waals surface area contributed by atoms with Gasteiger partial charge < -0.3 is 0 Å². The van der Waals surface area contributed by atoms with Crippen molar-refractivity contribution in [1.29, 1.82) is 0 Å². The average molecular weight is 186 g/mol. The van der Waals surface area contributed by atoms with Crippen LogP contribution in [-0.4, -0.2) is 11.2 Å². The molecule has 0 aliphatic rings. The molecule has 0 unspecified atom stereocenters. The van der Waals surface area contributed by atoms with Gasteiger partial charge >= 0.3 is 0 Å². The Bertz CT molecular complexity index is 351. The molecular weight excluding hydrogens is 172 g/mol. The lowest BCUT2D eigenvalue weighted by molar-refractivity contribution is 1.27. The summed E-state index contributed by atoms with van der Waals surface area (Å²) in [4.78, 5) is 8.34. The predicted molar refractivity (Wildman–Crippen MR) is 61.9 cm³/mol. The van der Waals surface area contributed by atoms with Crippen molar-refractivity contribution in [1.82, 2.24) is 4.98 Å². The lowest BCUT2D eigenvalue weighted by Crippen LogP contribution is -1.78. The fraction of sp³-hybridized carbons (Fsp3) is 0.167. The van der Waals surface area contributed by atoms with Crippen LogP contribution in [-0.2, 0) is 0 Å². The molecule has 2 heteroatoms. The Morgan fingerprint density at radius 3 is 3.14 bits per heavy atom. The lowest BCUT2D eigenvalue weighted by Gasteiger charge is -1.97. The summed E-state index contributed by atoms with van der Waals surface area (Å²) in [6, 6.07) is 1.93. The Balaban J connectivity index is 2.96. The minimum atomic E-state index is 0.896. The molecule has 0 amide bonds. The second kappa shape index (κ2) is 5.86. The summed E-state index contributed by atoms with van der Waals surface area (Å²) in [5, 5.41) is 0. The molecule has 0 N–H and O–H groups in total. The van der Waals surface area contributed by atoms with Crippen LogP contribution in [0.4, 0.5) is 5.69 Å². The molecule has 1 rings (SSSR count). The number of allylic oxidation sites excluding steroid dienone is 2. The van der Waals surface area contributed by atoms with E-state index in [1.54, 1.807) is 18.5 Å². The molecule has 0 atom stereocenters. The molecule has 1 aromatic rings. The van der Waals surface area contributed by atoms with Gasteiger partial charge in [0, 0.05) is 18.0 Å². The van der Waals surface area contributed by atoms with E-state index < -0.39 is 0 Å². The molecule has 0 radical (unpaired) electrons. The van der Waals surface area contributed by atoms with E-state index in [-0.39, 0.29) is 0 Å². The number of aliphatic imine (C=N–C) groups is 1. The first-order chi connectivity index (χ1) is 6.88. The van der Waals surface area contributed by atoms with Crippen molar-refractivity contribution in [2.24, 2.45) is 4.99 Å². The van der Waals surface area contributed by atoms with Gasteiger partial charge in [-0.1, -0.05) is 31.7 Å². The van der Waals surface area contributed by atoms with Gasteiger partial charge in [-0.2, -0.15) is 0 Å². The molecule has 0 spiro atoms. The third-order valence-corrected chi connectivity index (χ3v) is 1.66. The maximum atomic E-state index is 4.30. The number of nitrogens with zero attached hydrogens (tertiary/aromatic N) is 2. The van der Waals surface area contributed by atoms with Crippen LogP contribution >= 0.6 is 0 Å². The van der Waals surface area contributed by atoms with Crippen molar-refractivity contribution < 1.29 is 0 Å². The van der Waals surface area contributed by atoms with Crippen molar-refractivity contribution in [2.75, 3.05) is 0 Å². The largest absolute Gasteiger partial charge is 0.262 e. The summed E-state index contributed by atoms with van der Waals surface area (Å²) in [7, 11) is 0. The van der Waals surface area contributed by atoms with E-state index in [1.807, 2.05) is 24.4 Å². The maximum absolute atomic E-state index is 4.30. The number of hydrogen-bond acceptors (Lipinski definition) is 2. The van der Waals surface area contributed by atoms with E-state index in [0.717, 1.165) is 17.7 Å². The summed E-state index contributed by atoms with van der Waals surface area (Å²) in [6.07, 6.45) is 11.9. The first-order valence-corrected chi connectivity index (χ1v) is 4.64. The predicted octanol–water partition coefficient (Wildman–Crippen LogP) is 3.39. The Hall–Kier alpha value is -1.70. The Labute approximate surface area is 84.7 Å². The lowest BCUT2D eigenvalue weighted by atomic mass is 10.2. The summed E-state index contributed by atoms with van der Waals surface area (Å²) in [5.74, 6) is 0. The monoisotopic (exact) mass is 186 g/mol. The summed E-state index contributed by atoms with van der Waals surface area (Å²) < 4.78 is 0. The van der Waals surface area contributed by atoms with E-state index in [1.165, 1.54) is 0 Å². The summed E-state index contributed by atoms with van der Waals surface area (Å²) in [6.45, 7) is 5.68. The molecule has 0 bridgehead atoms. The first-order valence-electron chi connectivity index (χ1n) is 4.64. The molecule has 0 saturated heterocycles. The molecule has 0 aliphatic carbocycles. The van der Waals surface area contributed by atoms with Crippen LogP contribution in [0.5, 0.6) is 0 Å². The van der Waals surface area contributed by atoms with Gasteiger partial charge in [0.1, 0.15) is 0 Å². The van der Waals surface area contributed by atoms with Crippen molar-refractivity contribution in [3.63, 3.8) is 0 Å². The molecule has 72 valence electrons. The fourth-order valence-corrected chi connectivity index (χ4v) is 1.01.